The SMILES string of the molecule is CCOc1cc(CNCC(C)O)c(Cl)cc1OCc1ccc(Cl)cc1Cl. The number of ether oxygens (including phenoxy) is 2. The summed E-state index contributed by atoms with van der Waals surface area (Å²) in [4.78, 5) is 0. The van der Waals surface area contributed by atoms with Crippen molar-refractivity contribution in [3.63, 3.8) is 0 Å². The van der Waals surface area contributed by atoms with Crippen molar-refractivity contribution in [1.29, 1.82) is 0 Å². The Kier molecular flexibility index (Phi) is 8.32. The van der Waals surface area contributed by atoms with Crippen LogP contribution in [0.1, 0.15) is 25.0 Å². The van der Waals surface area contributed by atoms with Crippen molar-refractivity contribution < 1.29 is 14.6 Å². The third-order valence-electron chi connectivity index (χ3n) is 3.57. The van der Waals surface area contributed by atoms with E-state index < -0.39 is 6.10 Å². The van der Waals surface area contributed by atoms with E-state index in [-0.39, 0.29) is 6.61 Å². The predicted molar refractivity (Wildman–Crippen MR) is 107 cm³/mol. The topological polar surface area (TPSA) is 50.7 Å². The van der Waals surface area contributed by atoms with E-state index in [4.69, 9.17) is 44.3 Å². The average Bonchev–Trinajstić information content (AvgIpc) is 2.57. The molecule has 0 saturated heterocycles. The van der Waals surface area contributed by atoms with Gasteiger partial charge in [0.05, 0.1) is 12.7 Å². The summed E-state index contributed by atoms with van der Waals surface area (Å²) in [6, 6.07) is 8.84. The fraction of sp³-hybridized carbons (Fsp3) is 0.368. The second-order valence-corrected chi connectivity index (χ2v) is 7.08. The second-order valence-electron chi connectivity index (χ2n) is 5.83. The Morgan fingerprint density at radius 1 is 1.00 bits per heavy atom. The molecule has 0 saturated carbocycles. The average molecular weight is 419 g/mol. The van der Waals surface area contributed by atoms with Crippen LogP contribution in [0.5, 0.6) is 11.5 Å². The van der Waals surface area contributed by atoms with Gasteiger partial charge in [0.25, 0.3) is 0 Å². The molecule has 0 bridgehead atoms. The Labute approximate surface area is 169 Å². The number of benzene rings is 2. The quantitative estimate of drug-likeness (QED) is 0.595. The van der Waals surface area contributed by atoms with Crippen molar-refractivity contribution in [3.05, 3.63) is 56.5 Å². The van der Waals surface area contributed by atoms with E-state index in [2.05, 4.69) is 5.32 Å². The lowest BCUT2D eigenvalue weighted by atomic mass is 10.2. The van der Waals surface area contributed by atoms with E-state index in [1.54, 1.807) is 25.1 Å². The number of rotatable bonds is 9. The summed E-state index contributed by atoms with van der Waals surface area (Å²) in [7, 11) is 0. The molecule has 0 aliphatic rings. The van der Waals surface area contributed by atoms with Gasteiger partial charge in [-0.15, -0.1) is 0 Å². The fourth-order valence-corrected chi connectivity index (χ4v) is 2.99. The van der Waals surface area contributed by atoms with Crippen LogP contribution in [0.25, 0.3) is 0 Å². The third kappa shape index (κ3) is 6.22. The van der Waals surface area contributed by atoms with Gasteiger partial charge in [0.1, 0.15) is 6.61 Å². The van der Waals surface area contributed by atoms with Crippen molar-refractivity contribution in [2.45, 2.75) is 33.1 Å². The zero-order valence-corrected chi connectivity index (χ0v) is 17.0. The predicted octanol–water partition coefficient (Wildman–Crippen LogP) is 5.09. The van der Waals surface area contributed by atoms with Crippen LogP contribution in [0, 0.1) is 0 Å². The van der Waals surface area contributed by atoms with E-state index in [1.807, 2.05) is 19.1 Å². The highest BCUT2D eigenvalue weighted by molar-refractivity contribution is 6.35. The second kappa shape index (κ2) is 10.2. The van der Waals surface area contributed by atoms with Crippen LogP contribution in [0.15, 0.2) is 30.3 Å². The number of aliphatic hydroxyl groups excluding tert-OH is 1. The van der Waals surface area contributed by atoms with Crippen LogP contribution in [0.2, 0.25) is 15.1 Å². The lowest BCUT2D eigenvalue weighted by molar-refractivity contribution is 0.191. The van der Waals surface area contributed by atoms with Crippen LogP contribution >= 0.6 is 34.8 Å². The first kappa shape index (κ1) is 21.1. The molecular weight excluding hydrogens is 397 g/mol. The van der Waals surface area contributed by atoms with Gasteiger partial charge in [-0.05, 0) is 37.6 Å². The highest BCUT2D eigenvalue weighted by Crippen LogP contribution is 2.35. The molecule has 0 aromatic heterocycles. The number of halogens is 3. The molecule has 2 N–H and O–H groups in total. The lowest BCUT2D eigenvalue weighted by Gasteiger charge is -2.16. The molecule has 0 spiro atoms. The summed E-state index contributed by atoms with van der Waals surface area (Å²) < 4.78 is 11.6. The van der Waals surface area contributed by atoms with E-state index >= 15 is 0 Å². The van der Waals surface area contributed by atoms with Crippen LogP contribution in [0.3, 0.4) is 0 Å². The Morgan fingerprint density at radius 3 is 2.35 bits per heavy atom. The van der Waals surface area contributed by atoms with Crippen molar-refractivity contribution in [2.24, 2.45) is 0 Å². The van der Waals surface area contributed by atoms with E-state index in [0.29, 0.717) is 46.3 Å². The minimum Gasteiger partial charge on any atom is -0.490 e. The summed E-state index contributed by atoms with van der Waals surface area (Å²) in [5, 5.41) is 14.2. The maximum absolute atomic E-state index is 9.34. The zero-order chi connectivity index (χ0) is 19.1. The summed E-state index contributed by atoms with van der Waals surface area (Å²) in [5.74, 6) is 1.15. The van der Waals surface area contributed by atoms with Gasteiger partial charge in [-0.25, -0.2) is 0 Å². The highest BCUT2D eigenvalue weighted by Gasteiger charge is 2.12. The van der Waals surface area contributed by atoms with Crippen LogP contribution < -0.4 is 14.8 Å². The Balaban J connectivity index is 2.14. The molecule has 0 fully saturated rings. The minimum absolute atomic E-state index is 0.270. The molecule has 2 aromatic carbocycles. The smallest absolute Gasteiger partial charge is 0.163 e. The minimum atomic E-state index is -0.424. The molecule has 0 heterocycles. The molecule has 26 heavy (non-hydrogen) atoms. The molecular formula is C19H22Cl3NO3. The summed E-state index contributed by atoms with van der Waals surface area (Å²) in [6.45, 7) is 5.39. The van der Waals surface area contributed by atoms with Crippen LogP contribution in [-0.2, 0) is 13.2 Å². The van der Waals surface area contributed by atoms with Gasteiger partial charge in [-0.2, -0.15) is 0 Å². The molecule has 1 unspecified atom stereocenters. The molecule has 2 rings (SSSR count). The molecule has 2 aromatic rings. The van der Waals surface area contributed by atoms with Gasteiger partial charge in [-0.1, -0.05) is 40.9 Å². The molecule has 7 heteroatoms. The van der Waals surface area contributed by atoms with Gasteiger partial charge in [0.2, 0.25) is 0 Å². The first-order chi connectivity index (χ1) is 12.4. The highest BCUT2D eigenvalue weighted by atomic mass is 35.5. The summed E-state index contributed by atoms with van der Waals surface area (Å²) in [5.41, 5.74) is 1.69. The number of hydrogen-bond donors (Lipinski definition) is 2. The fourth-order valence-electron chi connectivity index (χ4n) is 2.30. The molecule has 1 atom stereocenters. The largest absolute Gasteiger partial charge is 0.490 e. The van der Waals surface area contributed by atoms with Crippen molar-refractivity contribution in [2.75, 3.05) is 13.2 Å². The van der Waals surface area contributed by atoms with E-state index in [0.717, 1.165) is 11.1 Å². The first-order valence-electron chi connectivity index (χ1n) is 8.31. The summed E-state index contributed by atoms with van der Waals surface area (Å²) >= 11 is 18.5. The third-order valence-corrected chi connectivity index (χ3v) is 4.50. The van der Waals surface area contributed by atoms with E-state index in [1.165, 1.54) is 0 Å². The molecule has 0 aliphatic heterocycles. The van der Waals surface area contributed by atoms with Gasteiger partial charge in [0, 0.05) is 39.8 Å². The number of hydrogen-bond acceptors (Lipinski definition) is 4. The molecule has 142 valence electrons. The van der Waals surface area contributed by atoms with Crippen molar-refractivity contribution >= 4 is 34.8 Å². The monoisotopic (exact) mass is 417 g/mol. The maximum atomic E-state index is 9.34. The van der Waals surface area contributed by atoms with Crippen LogP contribution in [0.4, 0.5) is 0 Å². The lowest BCUT2D eigenvalue weighted by Crippen LogP contribution is -2.24. The number of nitrogens with one attached hydrogen (secondary N) is 1. The van der Waals surface area contributed by atoms with Gasteiger partial charge in [0.15, 0.2) is 11.5 Å². The maximum Gasteiger partial charge on any atom is 0.163 e. The molecule has 0 radical (unpaired) electrons. The Hall–Kier alpha value is -1.17. The van der Waals surface area contributed by atoms with E-state index in [9.17, 15) is 5.11 Å². The molecule has 0 aliphatic carbocycles. The normalized spacial score (nSPS) is 12.1. The Bertz CT molecular complexity index is 738. The standard InChI is InChI=1S/C19H22Cl3NO3/c1-3-25-18-6-14(10-23-9-12(2)24)17(22)8-19(18)26-11-13-4-5-15(20)7-16(13)21/h4-8,12,23-24H,3,9-11H2,1-2H3. The molecule has 0 amide bonds. The van der Waals surface area contributed by atoms with Gasteiger partial charge < -0.3 is 19.9 Å². The van der Waals surface area contributed by atoms with Crippen molar-refractivity contribution in [3.8, 4) is 11.5 Å². The molecule has 4 nitrogen and oxygen atoms in total. The zero-order valence-electron chi connectivity index (χ0n) is 14.7. The first-order valence-corrected chi connectivity index (χ1v) is 9.44. The van der Waals surface area contributed by atoms with Crippen molar-refractivity contribution in [1.82, 2.24) is 5.32 Å². The Morgan fingerprint density at radius 2 is 1.69 bits per heavy atom. The number of aliphatic hydroxyl groups is 1. The van der Waals surface area contributed by atoms with Gasteiger partial charge in [-0.3, -0.25) is 0 Å². The summed E-state index contributed by atoms with van der Waals surface area (Å²) in [6.07, 6.45) is -0.424. The van der Waals surface area contributed by atoms with Gasteiger partial charge >= 0.3 is 0 Å². The van der Waals surface area contributed by atoms with Crippen LogP contribution in [-0.4, -0.2) is 24.4 Å².